The average molecular weight is 315 g/mol. The zero-order valence-corrected chi connectivity index (χ0v) is 13.5. The van der Waals surface area contributed by atoms with Crippen molar-refractivity contribution in [1.82, 2.24) is 0 Å². The average Bonchev–Trinajstić information content (AvgIpc) is 2.60. The molecule has 0 radical (unpaired) electrons. The molecule has 2 aromatic rings. The van der Waals surface area contributed by atoms with Crippen molar-refractivity contribution in [2.75, 3.05) is 21.3 Å². The van der Waals surface area contributed by atoms with Gasteiger partial charge in [-0.15, -0.1) is 0 Å². The molecule has 0 saturated carbocycles. The summed E-state index contributed by atoms with van der Waals surface area (Å²) >= 11 is 0. The van der Waals surface area contributed by atoms with Gasteiger partial charge in [-0.2, -0.15) is 0 Å². The van der Waals surface area contributed by atoms with Gasteiger partial charge in [0.25, 0.3) is 0 Å². The van der Waals surface area contributed by atoms with Crippen LogP contribution in [0.15, 0.2) is 42.5 Å². The largest absolute Gasteiger partial charge is 0.493 e. The zero-order chi connectivity index (χ0) is 16.8. The zero-order valence-electron chi connectivity index (χ0n) is 13.5. The van der Waals surface area contributed by atoms with Crippen LogP contribution in [0.5, 0.6) is 11.5 Å². The monoisotopic (exact) mass is 315 g/mol. The number of methoxy groups -OCH3 is 3. The highest BCUT2D eigenvalue weighted by atomic mass is 16.5. The van der Waals surface area contributed by atoms with E-state index in [1.165, 1.54) is 7.11 Å². The minimum atomic E-state index is -0.693. The fraction of sp³-hybridized carbons (Fsp3) is 0.278. The van der Waals surface area contributed by atoms with Gasteiger partial charge >= 0.3 is 5.97 Å². The van der Waals surface area contributed by atoms with Crippen LogP contribution in [0.1, 0.15) is 5.56 Å². The predicted octanol–water partition coefficient (Wildman–Crippen LogP) is 2.41. The molecule has 0 bridgehead atoms. The Balaban J connectivity index is 2.39. The summed E-state index contributed by atoms with van der Waals surface area (Å²) in [6, 6.07) is 12.8. The lowest BCUT2D eigenvalue weighted by Gasteiger charge is -2.15. The topological polar surface area (TPSA) is 70.8 Å². The van der Waals surface area contributed by atoms with Crippen LogP contribution in [-0.2, 0) is 16.0 Å². The SMILES string of the molecule is COC(=O)C(N)Cc1ccccc1-c1ccc(OC)c(OC)c1. The molecule has 23 heavy (non-hydrogen) atoms. The number of nitrogens with two attached hydrogens (primary N) is 1. The van der Waals surface area contributed by atoms with E-state index in [4.69, 9.17) is 19.9 Å². The number of benzene rings is 2. The Morgan fingerprint density at radius 3 is 2.39 bits per heavy atom. The molecule has 0 aliphatic carbocycles. The molecule has 1 atom stereocenters. The third-order valence-electron chi connectivity index (χ3n) is 3.66. The summed E-state index contributed by atoms with van der Waals surface area (Å²) in [5.41, 5.74) is 8.82. The summed E-state index contributed by atoms with van der Waals surface area (Å²) in [5, 5.41) is 0. The lowest BCUT2D eigenvalue weighted by molar-refractivity contribution is -0.142. The Hall–Kier alpha value is -2.53. The summed E-state index contributed by atoms with van der Waals surface area (Å²) < 4.78 is 15.3. The van der Waals surface area contributed by atoms with Crippen molar-refractivity contribution >= 4 is 5.97 Å². The lowest BCUT2D eigenvalue weighted by atomic mass is 9.95. The molecule has 0 fully saturated rings. The first kappa shape index (κ1) is 16.8. The van der Waals surface area contributed by atoms with Crippen molar-refractivity contribution in [3.8, 4) is 22.6 Å². The van der Waals surface area contributed by atoms with Crippen LogP contribution in [-0.4, -0.2) is 33.3 Å². The fourth-order valence-electron chi connectivity index (χ4n) is 2.46. The van der Waals surface area contributed by atoms with Gasteiger partial charge in [0.1, 0.15) is 6.04 Å². The maximum absolute atomic E-state index is 11.6. The van der Waals surface area contributed by atoms with Crippen molar-refractivity contribution in [2.45, 2.75) is 12.5 Å². The number of esters is 1. The first-order valence-corrected chi connectivity index (χ1v) is 7.24. The first-order chi connectivity index (χ1) is 11.1. The van der Waals surface area contributed by atoms with Crippen molar-refractivity contribution in [3.05, 3.63) is 48.0 Å². The van der Waals surface area contributed by atoms with Crippen LogP contribution in [0.2, 0.25) is 0 Å². The molecule has 1 unspecified atom stereocenters. The third-order valence-corrected chi connectivity index (χ3v) is 3.66. The van der Waals surface area contributed by atoms with Crippen LogP contribution in [0.25, 0.3) is 11.1 Å². The predicted molar refractivity (Wildman–Crippen MR) is 88.7 cm³/mol. The summed E-state index contributed by atoms with van der Waals surface area (Å²) in [6.07, 6.45) is 0.400. The van der Waals surface area contributed by atoms with E-state index < -0.39 is 12.0 Å². The number of carbonyl (C=O) groups excluding carboxylic acids is 1. The number of ether oxygens (including phenoxy) is 3. The molecule has 5 nitrogen and oxygen atoms in total. The van der Waals surface area contributed by atoms with E-state index in [1.54, 1.807) is 14.2 Å². The molecule has 2 N–H and O–H groups in total. The second-order valence-corrected chi connectivity index (χ2v) is 5.06. The van der Waals surface area contributed by atoms with E-state index in [0.717, 1.165) is 16.7 Å². The van der Waals surface area contributed by atoms with E-state index in [0.29, 0.717) is 17.9 Å². The van der Waals surface area contributed by atoms with Gasteiger partial charge < -0.3 is 19.9 Å². The molecule has 0 amide bonds. The van der Waals surface area contributed by atoms with E-state index in [9.17, 15) is 4.79 Å². The highest BCUT2D eigenvalue weighted by Crippen LogP contribution is 2.33. The maximum atomic E-state index is 11.6. The second kappa shape index (κ2) is 7.65. The van der Waals surface area contributed by atoms with Crippen LogP contribution in [0, 0.1) is 0 Å². The molecular formula is C18H21NO4. The minimum Gasteiger partial charge on any atom is -0.493 e. The summed E-state index contributed by atoms with van der Waals surface area (Å²) in [4.78, 5) is 11.6. The molecule has 2 rings (SSSR count). The Labute approximate surface area is 136 Å². The second-order valence-electron chi connectivity index (χ2n) is 5.06. The number of hydrogen-bond acceptors (Lipinski definition) is 5. The quantitative estimate of drug-likeness (QED) is 0.829. The van der Waals surface area contributed by atoms with Gasteiger partial charge in [0, 0.05) is 0 Å². The molecule has 0 aromatic heterocycles. The normalized spacial score (nSPS) is 11.7. The summed E-state index contributed by atoms with van der Waals surface area (Å²) in [5.74, 6) is 0.893. The van der Waals surface area contributed by atoms with Crippen LogP contribution in [0.4, 0.5) is 0 Å². The molecule has 122 valence electrons. The van der Waals surface area contributed by atoms with Gasteiger partial charge in [-0.25, -0.2) is 0 Å². The van der Waals surface area contributed by atoms with Gasteiger partial charge in [0.15, 0.2) is 11.5 Å². The van der Waals surface area contributed by atoms with E-state index in [1.807, 2.05) is 42.5 Å². The van der Waals surface area contributed by atoms with E-state index in [2.05, 4.69) is 0 Å². The lowest BCUT2D eigenvalue weighted by Crippen LogP contribution is -2.33. The van der Waals surface area contributed by atoms with Gasteiger partial charge in [-0.1, -0.05) is 30.3 Å². The van der Waals surface area contributed by atoms with Crippen LogP contribution >= 0.6 is 0 Å². The van der Waals surface area contributed by atoms with E-state index >= 15 is 0 Å². The standard InChI is InChI=1S/C18H21NO4/c1-21-16-9-8-13(11-17(16)22-2)14-7-5-4-6-12(14)10-15(19)18(20)23-3/h4-9,11,15H,10,19H2,1-3H3. The Bertz CT molecular complexity index is 684. The van der Waals surface area contributed by atoms with Crippen LogP contribution in [0.3, 0.4) is 0 Å². The maximum Gasteiger partial charge on any atom is 0.322 e. The van der Waals surface area contributed by atoms with E-state index in [-0.39, 0.29) is 0 Å². The number of hydrogen-bond donors (Lipinski definition) is 1. The number of rotatable bonds is 6. The molecule has 0 spiro atoms. The Kier molecular flexibility index (Phi) is 5.60. The minimum absolute atomic E-state index is 0.400. The summed E-state index contributed by atoms with van der Waals surface area (Å²) in [6.45, 7) is 0. The molecular weight excluding hydrogens is 294 g/mol. The van der Waals surface area contributed by atoms with Crippen molar-refractivity contribution in [2.24, 2.45) is 5.73 Å². The molecule has 0 aliphatic rings. The van der Waals surface area contributed by atoms with Gasteiger partial charge in [-0.3, -0.25) is 4.79 Å². The number of carbonyl (C=O) groups is 1. The van der Waals surface area contributed by atoms with Crippen molar-refractivity contribution < 1.29 is 19.0 Å². The van der Waals surface area contributed by atoms with Gasteiger partial charge in [0.05, 0.1) is 21.3 Å². The molecule has 5 heteroatoms. The molecule has 0 heterocycles. The smallest absolute Gasteiger partial charge is 0.322 e. The highest BCUT2D eigenvalue weighted by Gasteiger charge is 2.17. The molecule has 0 aliphatic heterocycles. The molecule has 2 aromatic carbocycles. The highest BCUT2D eigenvalue weighted by molar-refractivity contribution is 5.77. The first-order valence-electron chi connectivity index (χ1n) is 7.24. The van der Waals surface area contributed by atoms with Gasteiger partial charge in [0.2, 0.25) is 0 Å². The van der Waals surface area contributed by atoms with Crippen LogP contribution < -0.4 is 15.2 Å². The Morgan fingerprint density at radius 1 is 1.04 bits per heavy atom. The van der Waals surface area contributed by atoms with Crippen molar-refractivity contribution in [1.29, 1.82) is 0 Å². The fourth-order valence-corrected chi connectivity index (χ4v) is 2.46. The van der Waals surface area contributed by atoms with Gasteiger partial charge in [-0.05, 0) is 35.2 Å². The third kappa shape index (κ3) is 3.81. The summed E-state index contributed by atoms with van der Waals surface area (Å²) in [7, 11) is 4.53. The molecule has 0 saturated heterocycles. The van der Waals surface area contributed by atoms with Crippen molar-refractivity contribution in [3.63, 3.8) is 0 Å². The Morgan fingerprint density at radius 2 is 1.74 bits per heavy atom.